The summed E-state index contributed by atoms with van der Waals surface area (Å²) in [6.07, 6.45) is 0.641. The third kappa shape index (κ3) is 5.06. The number of sulfone groups is 1. The molecular formula is C15H23NO3S. The summed E-state index contributed by atoms with van der Waals surface area (Å²) in [5.41, 5.74) is 7.01. The van der Waals surface area contributed by atoms with Gasteiger partial charge < -0.3 is 5.73 Å². The summed E-state index contributed by atoms with van der Waals surface area (Å²) < 4.78 is 22.7. The minimum absolute atomic E-state index is 0.0210. The Labute approximate surface area is 121 Å². The largest absolute Gasteiger partial charge is 0.323 e. The van der Waals surface area contributed by atoms with Crippen molar-refractivity contribution in [1.29, 1.82) is 0 Å². The van der Waals surface area contributed by atoms with Crippen LogP contribution in [0.1, 0.15) is 38.3 Å². The molecule has 0 bridgehead atoms. The number of carbonyl (C=O) groups excluding carboxylic acids is 1. The van der Waals surface area contributed by atoms with Gasteiger partial charge in [0.15, 0.2) is 0 Å². The van der Waals surface area contributed by atoms with Crippen LogP contribution >= 0.6 is 0 Å². The second-order valence-electron chi connectivity index (χ2n) is 5.03. The molecule has 0 aromatic heterocycles. The van der Waals surface area contributed by atoms with Gasteiger partial charge in [-0.05, 0) is 12.0 Å². The van der Waals surface area contributed by atoms with Crippen LogP contribution in [-0.2, 0) is 14.6 Å². The number of ketones is 1. The lowest BCUT2D eigenvalue weighted by Crippen LogP contribution is -2.26. The summed E-state index contributed by atoms with van der Waals surface area (Å²) in [5.74, 6) is -0.0857. The maximum atomic E-state index is 12.1. The first-order chi connectivity index (χ1) is 9.37. The zero-order valence-corrected chi connectivity index (χ0v) is 12.9. The maximum absolute atomic E-state index is 12.1. The molecule has 0 radical (unpaired) electrons. The molecule has 2 unspecified atom stereocenters. The minimum atomic E-state index is -3.00. The molecule has 0 amide bonds. The number of benzene rings is 1. The highest BCUT2D eigenvalue weighted by Gasteiger charge is 2.22. The van der Waals surface area contributed by atoms with Crippen LogP contribution in [-0.4, -0.2) is 25.7 Å². The van der Waals surface area contributed by atoms with Crippen LogP contribution in [0, 0.1) is 5.92 Å². The molecule has 0 aliphatic rings. The van der Waals surface area contributed by atoms with Gasteiger partial charge in [-0.3, -0.25) is 4.79 Å². The molecule has 0 saturated heterocycles. The van der Waals surface area contributed by atoms with E-state index in [1.165, 1.54) is 0 Å². The summed E-state index contributed by atoms with van der Waals surface area (Å²) in [4.78, 5) is 12.1. The van der Waals surface area contributed by atoms with Crippen molar-refractivity contribution < 1.29 is 13.2 Å². The summed E-state index contributed by atoms with van der Waals surface area (Å²) in [6.45, 7) is 3.42. The van der Waals surface area contributed by atoms with Crippen molar-refractivity contribution in [2.24, 2.45) is 11.7 Å². The Balaban J connectivity index is 2.51. The Hall–Kier alpha value is -1.20. The number of hydrogen-bond donors (Lipinski definition) is 1. The molecule has 0 aliphatic carbocycles. The van der Waals surface area contributed by atoms with E-state index in [0.717, 1.165) is 5.56 Å². The van der Waals surface area contributed by atoms with Gasteiger partial charge in [-0.2, -0.15) is 0 Å². The third-order valence-electron chi connectivity index (χ3n) is 3.55. The summed E-state index contributed by atoms with van der Waals surface area (Å²) >= 11 is 0. The molecule has 0 saturated carbocycles. The van der Waals surface area contributed by atoms with Crippen LogP contribution < -0.4 is 5.73 Å². The Bertz CT molecular complexity index is 525. The molecule has 0 heterocycles. The first-order valence-corrected chi connectivity index (χ1v) is 8.73. The van der Waals surface area contributed by atoms with Crippen molar-refractivity contribution in [2.45, 2.75) is 32.7 Å². The van der Waals surface area contributed by atoms with Gasteiger partial charge in [-0.25, -0.2) is 8.42 Å². The van der Waals surface area contributed by atoms with Gasteiger partial charge in [0.25, 0.3) is 0 Å². The topological polar surface area (TPSA) is 77.2 Å². The van der Waals surface area contributed by atoms with E-state index in [4.69, 9.17) is 5.73 Å². The van der Waals surface area contributed by atoms with Gasteiger partial charge in [0.1, 0.15) is 15.6 Å². The van der Waals surface area contributed by atoms with Gasteiger partial charge in [0.05, 0.1) is 5.75 Å². The molecule has 1 aromatic carbocycles. The van der Waals surface area contributed by atoms with E-state index in [2.05, 4.69) is 0 Å². The fourth-order valence-corrected chi connectivity index (χ4v) is 2.88. The van der Waals surface area contributed by atoms with E-state index in [0.29, 0.717) is 6.42 Å². The van der Waals surface area contributed by atoms with Gasteiger partial charge >= 0.3 is 0 Å². The molecule has 112 valence electrons. The average Bonchev–Trinajstić information content (AvgIpc) is 2.46. The third-order valence-corrected chi connectivity index (χ3v) is 5.34. The molecule has 5 heteroatoms. The van der Waals surface area contributed by atoms with E-state index in [9.17, 15) is 13.2 Å². The molecule has 0 spiro atoms. The number of carbonyl (C=O) groups is 1. The molecular weight excluding hydrogens is 274 g/mol. The van der Waals surface area contributed by atoms with Crippen molar-refractivity contribution in [3.63, 3.8) is 0 Å². The van der Waals surface area contributed by atoms with Gasteiger partial charge in [0.2, 0.25) is 0 Å². The molecule has 1 aromatic rings. The summed E-state index contributed by atoms with van der Waals surface area (Å²) in [6, 6.07) is 9.14. The van der Waals surface area contributed by atoms with Crippen LogP contribution in [0.2, 0.25) is 0 Å². The van der Waals surface area contributed by atoms with Crippen molar-refractivity contribution in [2.75, 3.05) is 11.5 Å². The maximum Gasteiger partial charge on any atom is 0.150 e. The Morgan fingerprint density at radius 1 is 1.25 bits per heavy atom. The quantitative estimate of drug-likeness (QED) is 0.797. The smallest absolute Gasteiger partial charge is 0.150 e. The van der Waals surface area contributed by atoms with Crippen LogP contribution in [0.5, 0.6) is 0 Å². The molecule has 0 aliphatic heterocycles. The SMILES string of the molecule is CCS(=O)(=O)CCCC(=O)C(C)C(N)c1ccccc1. The number of hydrogen-bond acceptors (Lipinski definition) is 4. The fraction of sp³-hybridized carbons (Fsp3) is 0.533. The Kier molecular flexibility index (Phi) is 6.36. The van der Waals surface area contributed by atoms with Crippen LogP contribution in [0.4, 0.5) is 0 Å². The first kappa shape index (κ1) is 16.9. The highest BCUT2D eigenvalue weighted by molar-refractivity contribution is 7.91. The monoisotopic (exact) mass is 297 g/mol. The second-order valence-corrected chi connectivity index (χ2v) is 7.50. The van der Waals surface area contributed by atoms with Crippen molar-refractivity contribution in [3.05, 3.63) is 35.9 Å². The van der Waals surface area contributed by atoms with E-state index in [1.54, 1.807) is 13.8 Å². The standard InChI is InChI=1S/C15H23NO3S/c1-3-20(18,19)11-7-10-14(17)12(2)15(16)13-8-5-4-6-9-13/h4-6,8-9,12,15H,3,7,10-11,16H2,1-2H3. The average molecular weight is 297 g/mol. The Morgan fingerprint density at radius 2 is 1.85 bits per heavy atom. The highest BCUT2D eigenvalue weighted by Crippen LogP contribution is 2.21. The van der Waals surface area contributed by atoms with Crippen molar-refractivity contribution in [3.8, 4) is 0 Å². The number of Topliss-reactive ketones (excluding diaryl/α,β-unsaturated/α-hetero) is 1. The highest BCUT2D eigenvalue weighted by atomic mass is 32.2. The van der Waals surface area contributed by atoms with Crippen molar-refractivity contribution >= 4 is 15.6 Å². The van der Waals surface area contributed by atoms with E-state index in [-0.39, 0.29) is 35.7 Å². The van der Waals surface area contributed by atoms with Gasteiger partial charge in [-0.15, -0.1) is 0 Å². The second kappa shape index (κ2) is 7.55. The molecule has 2 atom stereocenters. The predicted molar refractivity (Wildman–Crippen MR) is 81.1 cm³/mol. The van der Waals surface area contributed by atoms with Gasteiger partial charge in [0, 0.05) is 24.1 Å². The van der Waals surface area contributed by atoms with E-state index in [1.807, 2.05) is 30.3 Å². The number of rotatable bonds is 8. The minimum Gasteiger partial charge on any atom is -0.323 e. The van der Waals surface area contributed by atoms with Gasteiger partial charge in [-0.1, -0.05) is 44.2 Å². The summed E-state index contributed by atoms with van der Waals surface area (Å²) in [7, 11) is -3.00. The normalized spacial score (nSPS) is 14.8. The zero-order chi connectivity index (χ0) is 15.2. The van der Waals surface area contributed by atoms with Crippen LogP contribution in [0.15, 0.2) is 30.3 Å². The number of nitrogens with two attached hydrogens (primary N) is 1. The molecule has 1 rings (SSSR count). The Morgan fingerprint density at radius 3 is 2.40 bits per heavy atom. The van der Waals surface area contributed by atoms with Crippen LogP contribution in [0.25, 0.3) is 0 Å². The van der Waals surface area contributed by atoms with Crippen molar-refractivity contribution in [1.82, 2.24) is 0 Å². The summed E-state index contributed by atoms with van der Waals surface area (Å²) in [5, 5.41) is 0. The lowest BCUT2D eigenvalue weighted by molar-refractivity contribution is -0.123. The van der Waals surface area contributed by atoms with Crippen LogP contribution in [0.3, 0.4) is 0 Å². The molecule has 2 N–H and O–H groups in total. The molecule has 0 fully saturated rings. The predicted octanol–water partition coefficient (Wildman–Crippen LogP) is 2.11. The zero-order valence-electron chi connectivity index (χ0n) is 12.1. The first-order valence-electron chi connectivity index (χ1n) is 6.91. The lowest BCUT2D eigenvalue weighted by atomic mass is 9.90. The van der Waals surface area contributed by atoms with E-state index >= 15 is 0 Å². The molecule has 4 nitrogen and oxygen atoms in total. The fourth-order valence-electron chi connectivity index (χ4n) is 2.00. The molecule has 20 heavy (non-hydrogen) atoms. The van der Waals surface area contributed by atoms with E-state index < -0.39 is 9.84 Å². The lowest BCUT2D eigenvalue weighted by Gasteiger charge is -2.19.